The van der Waals surface area contributed by atoms with Crippen LogP contribution < -0.4 is 0 Å². The average molecular weight is 247 g/mol. The Morgan fingerprint density at radius 2 is 2.31 bits per heavy atom. The first-order valence-corrected chi connectivity index (χ1v) is 5.58. The number of hydrogen-bond donors (Lipinski definition) is 1. The van der Waals surface area contributed by atoms with Crippen LogP contribution in [0.15, 0.2) is 11.6 Å². The van der Waals surface area contributed by atoms with Gasteiger partial charge in [-0.25, -0.2) is 0 Å². The van der Waals surface area contributed by atoms with Crippen molar-refractivity contribution in [2.24, 2.45) is 5.41 Å². The van der Waals surface area contributed by atoms with Crippen LogP contribution in [0, 0.1) is 5.41 Å². The standard InChI is InChI=1S/C10H15BrO2/c1-10(2)8(11)5-7-6(9(10)12)3-4-13-7/h3,7-9,12H,4-5H2,1-2H3/t7-,8+,9+/m1/s1. The van der Waals surface area contributed by atoms with Gasteiger partial charge in [-0.05, 0) is 12.0 Å². The van der Waals surface area contributed by atoms with Crippen molar-refractivity contribution in [2.75, 3.05) is 6.61 Å². The highest BCUT2D eigenvalue weighted by atomic mass is 79.9. The second kappa shape index (κ2) is 3.07. The van der Waals surface area contributed by atoms with Gasteiger partial charge in [0.1, 0.15) is 0 Å². The molecular weight excluding hydrogens is 232 g/mol. The largest absolute Gasteiger partial charge is 0.388 e. The lowest BCUT2D eigenvalue weighted by atomic mass is 9.71. The lowest BCUT2D eigenvalue weighted by molar-refractivity contribution is 0.00812. The van der Waals surface area contributed by atoms with Gasteiger partial charge in [0, 0.05) is 10.2 Å². The molecule has 0 aromatic carbocycles. The maximum atomic E-state index is 10.1. The Morgan fingerprint density at radius 1 is 1.62 bits per heavy atom. The zero-order valence-electron chi connectivity index (χ0n) is 7.96. The molecule has 0 spiro atoms. The third kappa shape index (κ3) is 1.37. The van der Waals surface area contributed by atoms with Crippen LogP contribution in [0.5, 0.6) is 0 Å². The quantitative estimate of drug-likeness (QED) is 0.523. The van der Waals surface area contributed by atoms with E-state index in [-0.39, 0.29) is 17.6 Å². The molecular formula is C10H15BrO2. The van der Waals surface area contributed by atoms with Crippen molar-refractivity contribution in [3.63, 3.8) is 0 Å². The molecule has 1 N–H and O–H groups in total. The van der Waals surface area contributed by atoms with Crippen molar-refractivity contribution in [1.29, 1.82) is 0 Å². The van der Waals surface area contributed by atoms with Gasteiger partial charge in [0.2, 0.25) is 0 Å². The Hall–Kier alpha value is 0.140. The van der Waals surface area contributed by atoms with Crippen LogP contribution in [0.4, 0.5) is 0 Å². The van der Waals surface area contributed by atoms with E-state index >= 15 is 0 Å². The van der Waals surface area contributed by atoms with Gasteiger partial charge in [-0.15, -0.1) is 0 Å². The van der Waals surface area contributed by atoms with Crippen molar-refractivity contribution in [3.05, 3.63) is 11.6 Å². The third-order valence-electron chi connectivity index (χ3n) is 3.24. The molecule has 0 unspecified atom stereocenters. The van der Waals surface area contributed by atoms with Crippen LogP contribution in [0.3, 0.4) is 0 Å². The SMILES string of the molecule is CC1(C)[C@@H](Br)C[C@H]2OCC=C2[C@@H]1O. The summed E-state index contributed by atoms with van der Waals surface area (Å²) in [6.45, 7) is 4.84. The highest BCUT2D eigenvalue weighted by Gasteiger charge is 2.46. The minimum Gasteiger partial charge on any atom is -0.388 e. The highest BCUT2D eigenvalue weighted by Crippen LogP contribution is 2.45. The fourth-order valence-electron chi connectivity index (χ4n) is 2.07. The number of fused-ring (bicyclic) bond motifs is 1. The second-order valence-corrected chi connectivity index (χ2v) is 5.56. The smallest absolute Gasteiger partial charge is 0.0837 e. The fourth-order valence-corrected chi connectivity index (χ4v) is 2.66. The van der Waals surface area contributed by atoms with Gasteiger partial charge in [0.15, 0.2) is 0 Å². The molecule has 2 aliphatic rings. The van der Waals surface area contributed by atoms with Gasteiger partial charge in [0.25, 0.3) is 0 Å². The van der Waals surface area contributed by atoms with Crippen LogP contribution in [-0.4, -0.2) is 28.7 Å². The molecule has 3 atom stereocenters. The maximum Gasteiger partial charge on any atom is 0.0837 e. The molecule has 74 valence electrons. The molecule has 1 aliphatic heterocycles. The molecule has 3 heteroatoms. The first-order chi connectivity index (χ1) is 6.03. The summed E-state index contributed by atoms with van der Waals surface area (Å²) < 4.78 is 5.51. The van der Waals surface area contributed by atoms with Crippen LogP contribution in [0.2, 0.25) is 0 Å². The molecule has 13 heavy (non-hydrogen) atoms. The topological polar surface area (TPSA) is 29.5 Å². The van der Waals surface area contributed by atoms with E-state index in [0.29, 0.717) is 11.4 Å². The van der Waals surface area contributed by atoms with E-state index in [2.05, 4.69) is 29.8 Å². The van der Waals surface area contributed by atoms with E-state index in [1.54, 1.807) is 0 Å². The second-order valence-electron chi connectivity index (χ2n) is 4.45. The van der Waals surface area contributed by atoms with E-state index in [0.717, 1.165) is 12.0 Å². The van der Waals surface area contributed by atoms with E-state index in [4.69, 9.17) is 4.74 Å². The minimum absolute atomic E-state index is 0.0873. The molecule has 1 saturated carbocycles. The molecule has 0 aromatic heterocycles. The number of alkyl halides is 1. The number of halogens is 1. The summed E-state index contributed by atoms with van der Waals surface area (Å²) in [6.07, 6.45) is 2.77. The monoisotopic (exact) mass is 246 g/mol. The van der Waals surface area contributed by atoms with Crippen LogP contribution in [-0.2, 0) is 4.74 Å². The Balaban J connectivity index is 2.28. The van der Waals surface area contributed by atoms with Gasteiger partial charge >= 0.3 is 0 Å². The Morgan fingerprint density at radius 3 is 3.00 bits per heavy atom. The van der Waals surface area contributed by atoms with Crippen LogP contribution in [0.1, 0.15) is 20.3 Å². The van der Waals surface area contributed by atoms with Crippen molar-refractivity contribution in [1.82, 2.24) is 0 Å². The lowest BCUT2D eigenvalue weighted by Gasteiger charge is -2.43. The minimum atomic E-state index is -0.363. The van der Waals surface area contributed by atoms with E-state index < -0.39 is 0 Å². The number of aliphatic hydroxyl groups excluding tert-OH is 1. The third-order valence-corrected chi connectivity index (χ3v) is 4.79. The summed E-state index contributed by atoms with van der Waals surface area (Å²) in [5.74, 6) is 0. The number of hydrogen-bond acceptors (Lipinski definition) is 2. The summed E-state index contributed by atoms with van der Waals surface area (Å²) in [6, 6.07) is 0. The van der Waals surface area contributed by atoms with E-state index in [1.807, 2.05) is 6.08 Å². The average Bonchev–Trinajstić information content (AvgIpc) is 2.49. The molecule has 0 aromatic rings. The summed E-state index contributed by atoms with van der Waals surface area (Å²) in [4.78, 5) is 0.329. The van der Waals surface area contributed by atoms with Gasteiger partial charge in [-0.1, -0.05) is 35.9 Å². The Bertz CT molecular complexity index is 247. The summed E-state index contributed by atoms with van der Waals surface area (Å²) in [5.41, 5.74) is 0.997. The molecule has 2 nitrogen and oxygen atoms in total. The highest BCUT2D eigenvalue weighted by molar-refractivity contribution is 9.09. The van der Waals surface area contributed by atoms with Crippen LogP contribution >= 0.6 is 15.9 Å². The van der Waals surface area contributed by atoms with Crippen LogP contribution in [0.25, 0.3) is 0 Å². The Kier molecular flexibility index (Phi) is 2.29. The normalized spacial score (nSPS) is 42.8. The fraction of sp³-hybridized carbons (Fsp3) is 0.800. The molecule has 0 saturated heterocycles. The first kappa shape index (κ1) is 9.69. The molecule has 0 radical (unpaired) electrons. The van der Waals surface area contributed by atoms with Gasteiger partial charge < -0.3 is 9.84 Å². The van der Waals surface area contributed by atoms with Gasteiger partial charge in [-0.3, -0.25) is 0 Å². The van der Waals surface area contributed by atoms with Gasteiger partial charge in [0.05, 0.1) is 18.8 Å². The summed E-state index contributed by atoms with van der Waals surface area (Å²) in [5, 5.41) is 10.1. The maximum absolute atomic E-state index is 10.1. The zero-order chi connectivity index (χ0) is 9.64. The number of rotatable bonds is 0. The molecule has 1 fully saturated rings. The molecule has 0 amide bonds. The summed E-state index contributed by atoms with van der Waals surface area (Å²) in [7, 11) is 0. The number of ether oxygens (including phenoxy) is 1. The van der Waals surface area contributed by atoms with Crippen molar-refractivity contribution in [3.8, 4) is 0 Å². The zero-order valence-corrected chi connectivity index (χ0v) is 9.54. The Labute approximate surface area is 87.1 Å². The molecule has 1 aliphatic carbocycles. The molecule has 2 rings (SSSR count). The van der Waals surface area contributed by atoms with Gasteiger partial charge in [-0.2, -0.15) is 0 Å². The predicted molar refractivity (Wildman–Crippen MR) is 54.9 cm³/mol. The van der Waals surface area contributed by atoms with Crippen molar-refractivity contribution >= 4 is 15.9 Å². The molecule has 0 bridgehead atoms. The molecule has 1 heterocycles. The van der Waals surface area contributed by atoms with E-state index in [9.17, 15) is 5.11 Å². The lowest BCUT2D eigenvalue weighted by Crippen LogP contribution is -2.47. The first-order valence-electron chi connectivity index (χ1n) is 4.67. The van der Waals surface area contributed by atoms with Crippen molar-refractivity contribution < 1.29 is 9.84 Å². The predicted octanol–water partition coefficient (Wildman–Crippen LogP) is 1.87. The van der Waals surface area contributed by atoms with E-state index in [1.165, 1.54) is 0 Å². The van der Waals surface area contributed by atoms with Crippen molar-refractivity contribution in [2.45, 2.75) is 37.3 Å². The summed E-state index contributed by atoms with van der Waals surface area (Å²) >= 11 is 3.62. The number of aliphatic hydroxyl groups is 1.